The molecule has 2 aromatic rings. The molecule has 172 valence electrons. The van der Waals surface area contributed by atoms with Gasteiger partial charge in [-0.15, -0.1) is 5.10 Å². The number of rotatable bonds is 5. The average molecular weight is 444 g/mol. The Morgan fingerprint density at radius 1 is 1.12 bits per heavy atom. The van der Waals surface area contributed by atoms with E-state index in [0.717, 1.165) is 0 Å². The number of esters is 1. The molecule has 32 heavy (non-hydrogen) atoms. The van der Waals surface area contributed by atoms with E-state index in [1.807, 2.05) is 20.8 Å². The number of carbonyl (C=O) groups excluding carboxylic acids is 3. The predicted molar refractivity (Wildman–Crippen MR) is 116 cm³/mol. The van der Waals surface area contributed by atoms with Crippen molar-refractivity contribution in [3.63, 3.8) is 0 Å². The van der Waals surface area contributed by atoms with Crippen molar-refractivity contribution in [2.45, 2.75) is 52.2 Å². The lowest BCUT2D eigenvalue weighted by Gasteiger charge is -2.33. The summed E-state index contributed by atoms with van der Waals surface area (Å²) in [5.74, 6) is -0.641. The molecule has 3 rings (SSSR count). The Balaban J connectivity index is 1.58. The van der Waals surface area contributed by atoms with E-state index >= 15 is 0 Å². The highest BCUT2D eigenvalue weighted by atomic mass is 16.6. The Labute approximate surface area is 186 Å². The maximum absolute atomic E-state index is 12.9. The molecule has 1 aromatic carbocycles. The van der Waals surface area contributed by atoms with E-state index in [2.05, 4.69) is 20.7 Å². The van der Waals surface area contributed by atoms with Gasteiger partial charge in [-0.1, -0.05) is 12.1 Å². The summed E-state index contributed by atoms with van der Waals surface area (Å²) < 4.78 is 10.3. The van der Waals surface area contributed by atoms with Gasteiger partial charge in [-0.2, -0.15) is 10.3 Å². The van der Waals surface area contributed by atoms with Gasteiger partial charge in [0.25, 0.3) is 5.91 Å². The van der Waals surface area contributed by atoms with E-state index in [9.17, 15) is 14.4 Å². The van der Waals surface area contributed by atoms with Gasteiger partial charge in [0.05, 0.1) is 6.61 Å². The molecule has 0 aliphatic carbocycles. The molecular weight excluding hydrogens is 414 g/mol. The second kappa shape index (κ2) is 9.80. The molecule has 1 fully saturated rings. The van der Waals surface area contributed by atoms with Crippen molar-refractivity contribution in [2.75, 3.05) is 19.7 Å². The van der Waals surface area contributed by atoms with Crippen molar-refractivity contribution in [3.8, 4) is 11.3 Å². The number of aromatic amines is 1. The minimum absolute atomic E-state index is 0.0234. The third kappa shape index (κ3) is 5.83. The molecule has 2 heterocycles. The van der Waals surface area contributed by atoms with Gasteiger partial charge in [0.2, 0.25) is 0 Å². The maximum Gasteiger partial charge on any atom is 0.407 e. The van der Waals surface area contributed by atoms with Gasteiger partial charge >= 0.3 is 12.1 Å². The van der Waals surface area contributed by atoms with Crippen LogP contribution in [0.2, 0.25) is 0 Å². The van der Waals surface area contributed by atoms with E-state index in [1.165, 1.54) is 0 Å². The number of aromatic nitrogens is 3. The zero-order valence-electron chi connectivity index (χ0n) is 18.8. The van der Waals surface area contributed by atoms with E-state index in [1.54, 1.807) is 36.1 Å². The van der Waals surface area contributed by atoms with Crippen LogP contribution in [0.5, 0.6) is 0 Å². The number of likely N-dealkylation sites (tertiary alicyclic amines) is 1. The maximum atomic E-state index is 12.9. The molecule has 1 aliphatic heterocycles. The third-order valence-electron chi connectivity index (χ3n) is 4.93. The number of H-pyrrole nitrogens is 1. The van der Waals surface area contributed by atoms with Crippen LogP contribution >= 0.6 is 0 Å². The zero-order valence-corrected chi connectivity index (χ0v) is 18.8. The smallest absolute Gasteiger partial charge is 0.407 e. The van der Waals surface area contributed by atoms with Gasteiger partial charge in [0.15, 0.2) is 5.69 Å². The minimum Gasteiger partial charge on any atom is -0.461 e. The number of nitrogens with one attached hydrogen (secondary N) is 2. The summed E-state index contributed by atoms with van der Waals surface area (Å²) in [7, 11) is 0. The fraction of sp³-hybridized carbons (Fsp3) is 0.500. The first-order valence-electron chi connectivity index (χ1n) is 10.6. The van der Waals surface area contributed by atoms with Gasteiger partial charge in [-0.25, -0.2) is 9.59 Å². The van der Waals surface area contributed by atoms with Crippen molar-refractivity contribution in [1.29, 1.82) is 0 Å². The Morgan fingerprint density at radius 2 is 1.78 bits per heavy atom. The highest BCUT2D eigenvalue weighted by molar-refractivity contribution is 5.96. The molecule has 0 saturated carbocycles. The van der Waals surface area contributed by atoms with Crippen LogP contribution in [0.3, 0.4) is 0 Å². The van der Waals surface area contributed by atoms with Gasteiger partial charge in [0.1, 0.15) is 11.3 Å². The number of alkyl carbamates (subject to hydrolysis) is 1. The van der Waals surface area contributed by atoms with Crippen LogP contribution in [0.15, 0.2) is 24.3 Å². The first kappa shape index (κ1) is 23.2. The van der Waals surface area contributed by atoms with Gasteiger partial charge in [0, 0.05) is 30.3 Å². The number of amides is 2. The summed E-state index contributed by atoms with van der Waals surface area (Å²) in [6.45, 7) is 8.49. The van der Waals surface area contributed by atoms with Crippen molar-refractivity contribution in [3.05, 3.63) is 35.5 Å². The molecule has 0 unspecified atom stereocenters. The number of carbonyl (C=O) groups is 3. The molecule has 0 atom stereocenters. The van der Waals surface area contributed by atoms with Crippen molar-refractivity contribution >= 4 is 18.0 Å². The van der Waals surface area contributed by atoms with Gasteiger partial charge < -0.3 is 19.7 Å². The second-order valence-corrected chi connectivity index (χ2v) is 8.53. The summed E-state index contributed by atoms with van der Waals surface area (Å²) in [5, 5.41) is 13.2. The van der Waals surface area contributed by atoms with Crippen LogP contribution in [0.1, 0.15) is 61.4 Å². The number of ether oxygens (including phenoxy) is 2. The van der Waals surface area contributed by atoms with E-state index in [0.29, 0.717) is 42.8 Å². The lowest BCUT2D eigenvalue weighted by Crippen LogP contribution is -2.47. The Kier molecular flexibility index (Phi) is 7.12. The Bertz CT molecular complexity index is 956. The molecule has 1 saturated heterocycles. The highest BCUT2D eigenvalue weighted by Gasteiger charge is 2.26. The molecular formula is C22H29N5O5. The number of benzene rings is 1. The molecule has 2 N–H and O–H groups in total. The molecule has 2 amide bonds. The first-order valence-corrected chi connectivity index (χ1v) is 10.6. The summed E-state index contributed by atoms with van der Waals surface area (Å²) in [4.78, 5) is 38.6. The molecule has 0 bridgehead atoms. The SMILES string of the molecule is CCOC(=O)c1n[nH]nc1-c1ccc(C(=O)N2CCC(NC(=O)OC(C)(C)C)CC2)cc1. The lowest BCUT2D eigenvalue weighted by molar-refractivity contribution is 0.0470. The molecule has 0 radical (unpaired) electrons. The molecule has 1 aromatic heterocycles. The average Bonchev–Trinajstić information content (AvgIpc) is 3.23. The minimum atomic E-state index is -0.556. The largest absolute Gasteiger partial charge is 0.461 e. The zero-order chi connectivity index (χ0) is 23.3. The van der Waals surface area contributed by atoms with Crippen LogP contribution in [0.4, 0.5) is 4.79 Å². The van der Waals surface area contributed by atoms with Crippen LogP contribution in [-0.2, 0) is 9.47 Å². The standard InChI is InChI=1S/C22H29N5O5/c1-5-31-20(29)18-17(24-26-25-18)14-6-8-15(9-7-14)19(28)27-12-10-16(11-13-27)23-21(30)32-22(2,3)4/h6-9,16H,5,10-13H2,1-4H3,(H,23,30)(H,24,25,26). The van der Waals surface area contributed by atoms with Crippen molar-refractivity contribution in [2.24, 2.45) is 0 Å². The molecule has 0 spiro atoms. The van der Waals surface area contributed by atoms with Crippen LogP contribution in [0.25, 0.3) is 11.3 Å². The van der Waals surface area contributed by atoms with Crippen molar-refractivity contribution < 1.29 is 23.9 Å². The predicted octanol–water partition coefficient (Wildman–Crippen LogP) is 2.78. The molecule has 10 nitrogen and oxygen atoms in total. The van der Waals surface area contributed by atoms with Crippen LogP contribution in [0, 0.1) is 0 Å². The van der Waals surface area contributed by atoms with Gasteiger partial charge in [-0.3, -0.25) is 4.79 Å². The Hall–Kier alpha value is -3.43. The number of hydrogen-bond acceptors (Lipinski definition) is 7. The van der Waals surface area contributed by atoms with Crippen LogP contribution in [-0.4, -0.2) is 69.6 Å². The summed E-state index contributed by atoms with van der Waals surface area (Å²) in [5.41, 5.74) is 1.12. The number of piperidine rings is 1. The van der Waals surface area contributed by atoms with E-state index in [4.69, 9.17) is 9.47 Å². The van der Waals surface area contributed by atoms with Crippen LogP contribution < -0.4 is 5.32 Å². The van der Waals surface area contributed by atoms with E-state index < -0.39 is 17.7 Å². The summed E-state index contributed by atoms with van der Waals surface area (Å²) >= 11 is 0. The first-order chi connectivity index (χ1) is 15.2. The Morgan fingerprint density at radius 3 is 2.38 bits per heavy atom. The highest BCUT2D eigenvalue weighted by Crippen LogP contribution is 2.22. The van der Waals surface area contributed by atoms with Gasteiger partial charge in [-0.05, 0) is 52.7 Å². The lowest BCUT2D eigenvalue weighted by atomic mass is 10.0. The summed E-state index contributed by atoms with van der Waals surface area (Å²) in [6.07, 6.45) is 0.878. The summed E-state index contributed by atoms with van der Waals surface area (Å²) in [6, 6.07) is 6.83. The topological polar surface area (TPSA) is 127 Å². The van der Waals surface area contributed by atoms with E-state index in [-0.39, 0.29) is 24.2 Å². The monoisotopic (exact) mass is 443 g/mol. The van der Waals surface area contributed by atoms with Crippen molar-refractivity contribution in [1.82, 2.24) is 25.6 Å². The quantitative estimate of drug-likeness (QED) is 0.680. The number of hydrogen-bond donors (Lipinski definition) is 2. The number of nitrogens with zero attached hydrogens (tertiary/aromatic N) is 3. The fourth-order valence-electron chi connectivity index (χ4n) is 3.43. The normalized spacial score (nSPS) is 14.7. The molecule has 1 aliphatic rings. The fourth-order valence-corrected chi connectivity index (χ4v) is 3.43. The molecule has 10 heteroatoms. The third-order valence-corrected chi connectivity index (χ3v) is 4.93. The second-order valence-electron chi connectivity index (χ2n) is 8.53.